The molecule has 0 aliphatic heterocycles. The van der Waals surface area contributed by atoms with E-state index in [4.69, 9.17) is 15.1 Å². The molecule has 0 aromatic heterocycles. The number of ether oxygens (including phenoxy) is 1. The van der Waals surface area contributed by atoms with Crippen LogP contribution >= 0.6 is 11.8 Å². The summed E-state index contributed by atoms with van der Waals surface area (Å²) in [5, 5.41) is 18.2. The summed E-state index contributed by atoms with van der Waals surface area (Å²) < 4.78 is 42.2. The number of thioether (sulfide) groups is 1. The summed E-state index contributed by atoms with van der Waals surface area (Å²) in [6.07, 6.45) is -0.323. The van der Waals surface area contributed by atoms with Crippen molar-refractivity contribution in [1.82, 2.24) is 0 Å². The first-order valence-electron chi connectivity index (χ1n) is 5.88. The molecule has 114 valence electrons. The molecule has 0 saturated carbocycles. The van der Waals surface area contributed by atoms with Gasteiger partial charge in [0.2, 0.25) is 0 Å². The topological polar surface area (TPSA) is 70.3 Å². The van der Waals surface area contributed by atoms with Crippen LogP contribution in [0.15, 0.2) is 17.0 Å². The van der Waals surface area contributed by atoms with E-state index in [2.05, 4.69) is 0 Å². The molecule has 0 saturated heterocycles. The van der Waals surface area contributed by atoms with Crippen LogP contribution in [0.4, 0.5) is 13.2 Å². The van der Waals surface area contributed by atoms with Crippen molar-refractivity contribution in [2.24, 2.45) is 0 Å². The summed E-state index contributed by atoms with van der Waals surface area (Å²) in [6, 6.07) is 4.09. The number of esters is 1. The summed E-state index contributed by atoms with van der Waals surface area (Å²) in [5.74, 6) is -0.646. The number of aliphatic hydroxyl groups is 1. The number of carbonyl (C=O) groups excluding carboxylic acids is 1. The Balaban J connectivity index is 3.25. The van der Waals surface area contributed by atoms with Crippen molar-refractivity contribution < 1.29 is 27.8 Å². The summed E-state index contributed by atoms with van der Waals surface area (Å²) in [7, 11) is 0. The Hall–Kier alpha value is -1.72. The zero-order valence-electron chi connectivity index (χ0n) is 11.0. The molecule has 0 fully saturated rings. The van der Waals surface area contributed by atoms with E-state index in [1.807, 2.05) is 0 Å². The van der Waals surface area contributed by atoms with Crippen molar-refractivity contribution in [3.8, 4) is 6.07 Å². The van der Waals surface area contributed by atoms with Gasteiger partial charge in [-0.15, -0.1) is 0 Å². The van der Waals surface area contributed by atoms with E-state index in [1.54, 1.807) is 13.0 Å². The molecule has 0 radical (unpaired) electrons. The van der Waals surface area contributed by atoms with Gasteiger partial charge in [-0.25, -0.2) is 0 Å². The Morgan fingerprint density at radius 3 is 2.62 bits per heavy atom. The predicted molar refractivity (Wildman–Crippen MR) is 69.3 cm³/mol. The largest absolute Gasteiger partial charge is 0.466 e. The van der Waals surface area contributed by atoms with Gasteiger partial charge in [0.15, 0.2) is 0 Å². The van der Waals surface area contributed by atoms with E-state index in [9.17, 15) is 18.0 Å². The second-order valence-corrected chi connectivity index (χ2v) is 5.03. The quantitative estimate of drug-likeness (QED) is 0.667. The molecular weight excluding hydrogens is 307 g/mol. The first kappa shape index (κ1) is 17.3. The highest BCUT2D eigenvalue weighted by atomic mass is 32.2. The third-order valence-electron chi connectivity index (χ3n) is 2.40. The van der Waals surface area contributed by atoms with E-state index in [-0.39, 0.29) is 34.6 Å². The average Bonchev–Trinajstić information content (AvgIpc) is 2.36. The molecule has 1 aromatic rings. The lowest BCUT2D eigenvalue weighted by Gasteiger charge is -2.12. The number of rotatable bonds is 5. The lowest BCUT2D eigenvalue weighted by molar-refractivity contribution is -0.142. The molecule has 0 atom stereocenters. The fourth-order valence-electron chi connectivity index (χ4n) is 1.67. The SMILES string of the molecule is CCOC(=O)Cc1cc(CO)cc(SC(F)(F)F)c1C#N. The summed E-state index contributed by atoms with van der Waals surface area (Å²) in [5.41, 5.74) is -4.50. The number of benzene rings is 1. The standard InChI is InChI=1S/C13H12F3NO3S/c1-2-20-12(19)5-9-3-8(7-18)4-11(10(9)6-17)21-13(14,15)16/h3-4,18H,2,5,7H2,1H3. The van der Waals surface area contributed by atoms with Crippen LogP contribution in [0.2, 0.25) is 0 Å². The zero-order valence-corrected chi connectivity index (χ0v) is 11.8. The monoisotopic (exact) mass is 319 g/mol. The molecule has 0 bridgehead atoms. The van der Waals surface area contributed by atoms with Gasteiger partial charge in [-0.3, -0.25) is 4.79 Å². The van der Waals surface area contributed by atoms with Gasteiger partial charge in [-0.2, -0.15) is 18.4 Å². The molecule has 4 nitrogen and oxygen atoms in total. The van der Waals surface area contributed by atoms with Crippen LogP contribution < -0.4 is 0 Å². The maximum atomic E-state index is 12.5. The first-order valence-corrected chi connectivity index (χ1v) is 6.70. The van der Waals surface area contributed by atoms with Crippen LogP contribution in [0, 0.1) is 11.3 Å². The Labute approximate surface area is 123 Å². The Morgan fingerprint density at radius 1 is 1.48 bits per heavy atom. The molecule has 0 amide bonds. The highest BCUT2D eigenvalue weighted by Crippen LogP contribution is 2.39. The maximum Gasteiger partial charge on any atom is 0.446 e. The van der Waals surface area contributed by atoms with Gasteiger partial charge in [0.1, 0.15) is 6.07 Å². The van der Waals surface area contributed by atoms with Gasteiger partial charge in [-0.1, -0.05) is 6.07 Å². The van der Waals surface area contributed by atoms with Crippen LogP contribution in [0.1, 0.15) is 23.6 Å². The Morgan fingerprint density at radius 2 is 2.14 bits per heavy atom. The minimum Gasteiger partial charge on any atom is -0.466 e. The van der Waals surface area contributed by atoms with E-state index >= 15 is 0 Å². The fraction of sp³-hybridized carbons (Fsp3) is 0.385. The van der Waals surface area contributed by atoms with Crippen molar-refractivity contribution in [3.63, 3.8) is 0 Å². The normalized spacial score (nSPS) is 11.0. The molecule has 0 heterocycles. The number of halogens is 3. The van der Waals surface area contributed by atoms with Gasteiger partial charge >= 0.3 is 11.5 Å². The highest BCUT2D eigenvalue weighted by Gasteiger charge is 2.31. The molecule has 0 spiro atoms. The van der Waals surface area contributed by atoms with Crippen LogP contribution in [-0.2, 0) is 22.6 Å². The van der Waals surface area contributed by atoms with Gasteiger partial charge in [-0.05, 0) is 35.9 Å². The molecule has 0 aliphatic carbocycles. The summed E-state index contributed by atoms with van der Waals surface area (Å²) >= 11 is -0.450. The second kappa shape index (κ2) is 7.33. The third kappa shape index (κ3) is 5.28. The van der Waals surface area contributed by atoms with Crippen molar-refractivity contribution >= 4 is 17.7 Å². The lowest BCUT2D eigenvalue weighted by atomic mass is 10.0. The van der Waals surface area contributed by atoms with Crippen LogP contribution in [0.3, 0.4) is 0 Å². The molecule has 0 unspecified atom stereocenters. The van der Waals surface area contributed by atoms with Gasteiger partial charge < -0.3 is 9.84 Å². The van der Waals surface area contributed by atoms with Crippen LogP contribution in [0.25, 0.3) is 0 Å². The Kier molecular flexibility index (Phi) is 6.05. The molecule has 21 heavy (non-hydrogen) atoms. The second-order valence-electron chi connectivity index (χ2n) is 3.93. The summed E-state index contributed by atoms with van der Waals surface area (Å²) in [4.78, 5) is 11.1. The fourth-order valence-corrected chi connectivity index (χ4v) is 2.41. The molecule has 1 N–H and O–H groups in total. The van der Waals surface area contributed by atoms with Gasteiger partial charge in [0.05, 0.1) is 25.2 Å². The van der Waals surface area contributed by atoms with E-state index in [0.29, 0.717) is 0 Å². The van der Waals surface area contributed by atoms with Crippen LogP contribution in [-0.4, -0.2) is 23.2 Å². The molecule has 0 aliphatic rings. The number of alkyl halides is 3. The van der Waals surface area contributed by atoms with Crippen molar-refractivity contribution in [3.05, 3.63) is 28.8 Å². The van der Waals surface area contributed by atoms with Crippen molar-refractivity contribution in [2.45, 2.75) is 30.4 Å². The number of aliphatic hydroxyl groups excluding tert-OH is 1. The third-order valence-corrected chi connectivity index (χ3v) is 3.18. The van der Waals surface area contributed by atoms with Crippen LogP contribution in [0.5, 0.6) is 0 Å². The number of hydrogen-bond acceptors (Lipinski definition) is 5. The first-order chi connectivity index (χ1) is 9.80. The highest BCUT2D eigenvalue weighted by molar-refractivity contribution is 8.00. The van der Waals surface area contributed by atoms with E-state index in [1.165, 1.54) is 6.07 Å². The lowest BCUT2D eigenvalue weighted by Crippen LogP contribution is -2.10. The number of hydrogen-bond donors (Lipinski definition) is 1. The average molecular weight is 319 g/mol. The molecular formula is C13H12F3NO3S. The number of carbonyl (C=O) groups is 1. The van der Waals surface area contributed by atoms with Crippen molar-refractivity contribution in [2.75, 3.05) is 6.61 Å². The zero-order chi connectivity index (χ0) is 16.0. The Bertz CT molecular complexity index is 567. The van der Waals surface area contributed by atoms with E-state index in [0.717, 1.165) is 6.07 Å². The minimum absolute atomic E-state index is 0.106. The summed E-state index contributed by atoms with van der Waals surface area (Å²) in [6.45, 7) is 1.23. The smallest absolute Gasteiger partial charge is 0.446 e. The van der Waals surface area contributed by atoms with E-state index < -0.39 is 29.8 Å². The van der Waals surface area contributed by atoms with Gasteiger partial charge in [0.25, 0.3) is 0 Å². The molecule has 1 aromatic carbocycles. The molecule has 1 rings (SSSR count). The number of nitrogens with zero attached hydrogens (tertiary/aromatic N) is 1. The number of nitriles is 1. The van der Waals surface area contributed by atoms with Crippen molar-refractivity contribution in [1.29, 1.82) is 5.26 Å². The maximum absolute atomic E-state index is 12.5. The predicted octanol–water partition coefficient (Wildman–Crippen LogP) is 2.77. The molecule has 8 heteroatoms. The minimum atomic E-state index is -4.57. The van der Waals surface area contributed by atoms with Gasteiger partial charge in [0, 0.05) is 4.90 Å².